The zero-order valence-corrected chi connectivity index (χ0v) is 16.1. The van der Waals surface area contributed by atoms with Crippen molar-refractivity contribution in [3.63, 3.8) is 0 Å². The van der Waals surface area contributed by atoms with Crippen LogP contribution in [0.5, 0.6) is 0 Å². The molecule has 1 fully saturated rings. The van der Waals surface area contributed by atoms with Crippen LogP contribution in [0.25, 0.3) is 0 Å². The second-order valence-corrected chi connectivity index (χ2v) is 7.86. The van der Waals surface area contributed by atoms with Gasteiger partial charge in [0.2, 0.25) is 5.91 Å². The van der Waals surface area contributed by atoms with E-state index in [2.05, 4.69) is 27.9 Å². The summed E-state index contributed by atoms with van der Waals surface area (Å²) in [6.07, 6.45) is 4.60. The van der Waals surface area contributed by atoms with E-state index in [1.165, 1.54) is 17.3 Å². The van der Waals surface area contributed by atoms with Gasteiger partial charge in [-0.3, -0.25) is 4.79 Å². The quantitative estimate of drug-likeness (QED) is 0.404. The summed E-state index contributed by atoms with van der Waals surface area (Å²) >= 11 is 2.37. The molecule has 0 aromatic rings. The van der Waals surface area contributed by atoms with Crippen molar-refractivity contribution in [2.75, 3.05) is 24.1 Å². The van der Waals surface area contributed by atoms with Gasteiger partial charge in [-0.1, -0.05) is 29.0 Å². The van der Waals surface area contributed by atoms with Gasteiger partial charge in [-0.05, 0) is 50.9 Å². The maximum Gasteiger partial charge on any atom is 0.410 e. The maximum atomic E-state index is 12.1. The van der Waals surface area contributed by atoms with Gasteiger partial charge in [-0.2, -0.15) is 0 Å². The van der Waals surface area contributed by atoms with Crippen molar-refractivity contribution in [1.82, 2.24) is 10.2 Å². The smallest absolute Gasteiger partial charge is 0.410 e. The second kappa shape index (κ2) is 9.57. The van der Waals surface area contributed by atoms with Gasteiger partial charge in [0.25, 0.3) is 0 Å². The molecule has 1 saturated heterocycles. The highest BCUT2D eigenvalue weighted by Gasteiger charge is 2.29. The van der Waals surface area contributed by atoms with Crippen LogP contribution < -0.4 is 5.32 Å². The summed E-state index contributed by atoms with van der Waals surface area (Å²) in [5.41, 5.74) is -0.469. The molecule has 1 aliphatic rings. The molecule has 1 rings (SSSR count). The molecule has 0 aliphatic carbocycles. The predicted octanol–water partition coefficient (Wildman–Crippen LogP) is 3.36. The van der Waals surface area contributed by atoms with Crippen molar-refractivity contribution < 1.29 is 14.3 Å². The van der Waals surface area contributed by atoms with Gasteiger partial charge in [-0.25, -0.2) is 4.79 Å². The Morgan fingerprint density at radius 1 is 1.18 bits per heavy atom. The Morgan fingerprint density at radius 3 is 2.36 bits per heavy atom. The lowest BCUT2D eigenvalue weighted by atomic mass is 9.96. The van der Waals surface area contributed by atoms with E-state index in [1.54, 1.807) is 4.90 Å². The van der Waals surface area contributed by atoms with Gasteiger partial charge in [0.15, 0.2) is 0 Å². The Bertz CT molecular complexity index is 361. The average molecular weight is 424 g/mol. The van der Waals surface area contributed by atoms with E-state index in [0.29, 0.717) is 13.1 Å². The van der Waals surface area contributed by atoms with Gasteiger partial charge >= 0.3 is 6.09 Å². The Labute approximate surface area is 147 Å². The molecular weight excluding hydrogens is 395 g/mol. The third kappa shape index (κ3) is 7.65. The van der Waals surface area contributed by atoms with E-state index in [1.807, 2.05) is 20.8 Å². The fourth-order valence-electron chi connectivity index (χ4n) is 2.40. The van der Waals surface area contributed by atoms with Crippen LogP contribution in [0.2, 0.25) is 0 Å². The summed E-state index contributed by atoms with van der Waals surface area (Å²) in [4.78, 5) is 25.8. The summed E-state index contributed by atoms with van der Waals surface area (Å²) in [5, 5.41) is 3.02. The summed E-state index contributed by atoms with van der Waals surface area (Å²) in [5.74, 6) is 0.168. The molecule has 0 radical (unpaired) electrons. The van der Waals surface area contributed by atoms with Crippen molar-refractivity contribution in [3.05, 3.63) is 0 Å². The predicted molar refractivity (Wildman–Crippen MR) is 96.3 cm³/mol. The Morgan fingerprint density at radius 2 is 1.82 bits per heavy atom. The number of halogens is 1. The Hall–Kier alpha value is -0.530. The number of rotatable bonds is 6. The number of nitrogens with one attached hydrogen (secondary N) is 1. The first kappa shape index (κ1) is 19.5. The lowest BCUT2D eigenvalue weighted by Gasteiger charge is -2.32. The first-order chi connectivity index (χ1) is 10.3. The molecule has 0 aromatic heterocycles. The molecule has 0 saturated carbocycles. The lowest BCUT2D eigenvalue weighted by Crippen LogP contribution is -2.45. The fraction of sp³-hybridized carbons (Fsp3) is 0.875. The molecule has 5 nitrogen and oxygen atoms in total. The fourth-order valence-corrected chi connectivity index (χ4v) is 2.94. The van der Waals surface area contributed by atoms with E-state index in [4.69, 9.17) is 4.74 Å². The molecule has 6 heteroatoms. The van der Waals surface area contributed by atoms with E-state index < -0.39 is 5.60 Å². The highest BCUT2D eigenvalue weighted by Crippen LogP contribution is 2.19. The minimum absolute atomic E-state index is 0.0308. The van der Waals surface area contributed by atoms with E-state index in [-0.39, 0.29) is 17.9 Å². The number of unbranched alkanes of at least 4 members (excludes halogenated alkanes) is 2. The number of piperidine rings is 1. The number of alkyl halides is 1. The number of carbonyl (C=O) groups excluding carboxylic acids is 2. The summed E-state index contributed by atoms with van der Waals surface area (Å²) < 4.78 is 6.54. The zero-order valence-electron chi connectivity index (χ0n) is 14.0. The van der Waals surface area contributed by atoms with Crippen LogP contribution in [-0.2, 0) is 9.53 Å². The molecular formula is C16H29IN2O3. The van der Waals surface area contributed by atoms with E-state index >= 15 is 0 Å². The van der Waals surface area contributed by atoms with Gasteiger partial charge in [0.05, 0.1) is 0 Å². The average Bonchev–Trinajstić information content (AvgIpc) is 2.45. The Balaban J connectivity index is 2.24. The molecule has 22 heavy (non-hydrogen) atoms. The number of likely N-dealkylation sites (tertiary alicyclic amines) is 1. The molecule has 0 atom stereocenters. The van der Waals surface area contributed by atoms with E-state index in [0.717, 1.165) is 25.8 Å². The molecule has 0 bridgehead atoms. The van der Waals surface area contributed by atoms with Crippen LogP contribution in [0, 0.1) is 5.92 Å². The summed E-state index contributed by atoms with van der Waals surface area (Å²) in [6, 6.07) is 0. The van der Waals surface area contributed by atoms with Gasteiger partial charge < -0.3 is 15.0 Å². The molecule has 1 heterocycles. The van der Waals surface area contributed by atoms with Gasteiger partial charge in [-0.15, -0.1) is 0 Å². The molecule has 1 N–H and O–H groups in total. The van der Waals surface area contributed by atoms with Crippen molar-refractivity contribution in [2.24, 2.45) is 5.92 Å². The van der Waals surface area contributed by atoms with Crippen LogP contribution in [0.4, 0.5) is 4.79 Å². The lowest BCUT2D eigenvalue weighted by molar-refractivity contribution is -0.126. The number of carbonyl (C=O) groups is 2. The van der Waals surface area contributed by atoms with Crippen molar-refractivity contribution >= 4 is 34.6 Å². The maximum absolute atomic E-state index is 12.1. The first-order valence-corrected chi connectivity index (χ1v) is 9.67. The number of hydrogen-bond acceptors (Lipinski definition) is 3. The number of amides is 2. The third-order valence-electron chi connectivity index (χ3n) is 3.63. The molecule has 1 aliphatic heterocycles. The molecule has 0 unspecified atom stereocenters. The Kier molecular flexibility index (Phi) is 8.49. The van der Waals surface area contributed by atoms with Crippen molar-refractivity contribution in [2.45, 2.75) is 58.5 Å². The largest absolute Gasteiger partial charge is 0.444 e. The minimum Gasteiger partial charge on any atom is -0.444 e. The topological polar surface area (TPSA) is 58.6 Å². The standard InChI is InChI=1S/C16H29IN2O3/c1-16(2,3)22-15(21)19-11-7-13(8-12-19)14(20)18-10-6-4-5-9-17/h13H,4-12H2,1-3H3,(H,18,20). The van der Waals surface area contributed by atoms with Crippen LogP contribution in [0.3, 0.4) is 0 Å². The zero-order chi connectivity index (χ0) is 16.6. The monoisotopic (exact) mass is 424 g/mol. The number of ether oxygens (including phenoxy) is 1. The second-order valence-electron chi connectivity index (χ2n) is 6.78. The SMILES string of the molecule is CC(C)(C)OC(=O)N1CCC(C(=O)NCCCCCI)CC1. The highest BCUT2D eigenvalue weighted by atomic mass is 127. The summed E-state index contributed by atoms with van der Waals surface area (Å²) in [7, 11) is 0. The van der Waals surface area contributed by atoms with Gasteiger partial charge in [0, 0.05) is 25.6 Å². The van der Waals surface area contributed by atoms with Crippen LogP contribution in [0.15, 0.2) is 0 Å². The van der Waals surface area contributed by atoms with Crippen molar-refractivity contribution in [3.8, 4) is 0 Å². The van der Waals surface area contributed by atoms with Crippen LogP contribution in [0.1, 0.15) is 52.9 Å². The van der Waals surface area contributed by atoms with Crippen molar-refractivity contribution in [1.29, 1.82) is 0 Å². The highest BCUT2D eigenvalue weighted by molar-refractivity contribution is 14.1. The van der Waals surface area contributed by atoms with E-state index in [9.17, 15) is 9.59 Å². The normalized spacial score (nSPS) is 16.5. The molecule has 128 valence electrons. The number of nitrogens with zero attached hydrogens (tertiary/aromatic N) is 1. The number of hydrogen-bond donors (Lipinski definition) is 1. The summed E-state index contributed by atoms with van der Waals surface area (Å²) in [6.45, 7) is 7.56. The van der Waals surface area contributed by atoms with Crippen LogP contribution >= 0.6 is 22.6 Å². The first-order valence-electron chi connectivity index (χ1n) is 8.15. The minimum atomic E-state index is -0.469. The van der Waals surface area contributed by atoms with Gasteiger partial charge in [0.1, 0.15) is 5.60 Å². The molecule has 0 aromatic carbocycles. The molecule has 2 amide bonds. The van der Waals surface area contributed by atoms with Crippen LogP contribution in [-0.4, -0.2) is 46.6 Å². The third-order valence-corrected chi connectivity index (χ3v) is 4.39. The molecule has 0 spiro atoms.